The fourth-order valence-corrected chi connectivity index (χ4v) is 2.21. The minimum atomic E-state index is -4.84. The summed E-state index contributed by atoms with van der Waals surface area (Å²) in [6.07, 6.45) is 1.43. The van der Waals surface area contributed by atoms with Gasteiger partial charge in [0.1, 0.15) is 19.0 Å². The van der Waals surface area contributed by atoms with Gasteiger partial charge in [0.05, 0.1) is 6.42 Å². The summed E-state index contributed by atoms with van der Waals surface area (Å²) >= 11 is 0. The van der Waals surface area contributed by atoms with Crippen LogP contribution in [0.5, 0.6) is 5.75 Å². The molecule has 3 N–H and O–H groups in total. The summed E-state index contributed by atoms with van der Waals surface area (Å²) in [4.78, 5) is 20.0. The van der Waals surface area contributed by atoms with E-state index in [1.807, 2.05) is 30.3 Å². The summed E-state index contributed by atoms with van der Waals surface area (Å²) in [6, 6.07) is 7.69. The van der Waals surface area contributed by atoms with Gasteiger partial charge in [-0.15, -0.1) is 6.58 Å². The number of para-hydroxylation sites is 1. The van der Waals surface area contributed by atoms with E-state index in [1.165, 1.54) is 0 Å². The molecule has 10 heteroatoms. The Bertz CT molecular complexity index is 682. The van der Waals surface area contributed by atoms with Gasteiger partial charge < -0.3 is 14.9 Å². The first-order valence-electron chi connectivity index (χ1n) is 6.94. The Morgan fingerprint density at radius 2 is 1.84 bits per heavy atom. The third kappa shape index (κ3) is 9.45. The molecule has 0 aliphatic heterocycles. The topological polar surface area (TPSA) is 158 Å². The Morgan fingerprint density at radius 1 is 1.24 bits per heavy atom. The highest BCUT2D eigenvalue weighted by Gasteiger charge is 2.33. The molecule has 1 atom stereocenters. The second-order valence-corrected chi connectivity index (χ2v) is 6.19. The van der Waals surface area contributed by atoms with Gasteiger partial charge in [0.2, 0.25) is 0 Å². The molecule has 25 heavy (non-hydrogen) atoms. The quantitative estimate of drug-likeness (QED) is 0.426. The van der Waals surface area contributed by atoms with Crippen LogP contribution in [0, 0.1) is 0 Å². The first-order valence-corrected chi connectivity index (χ1v) is 8.44. The van der Waals surface area contributed by atoms with Crippen molar-refractivity contribution in [3.63, 3.8) is 0 Å². The number of carboxylic acid groups (broad SMARTS) is 2. The van der Waals surface area contributed by atoms with Crippen molar-refractivity contribution in [3.8, 4) is 5.75 Å². The molecule has 0 heterocycles. The number of carboxylic acids is 2. The Balaban J connectivity index is 0.000000463. The molecule has 9 nitrogen and oxygen atoms in total. The monoisotopic (exact) mass is 375 g/mol. The van der Waals surface area contributed by atoms with Crippen LogP contribution in [0.25, 0.3) is 0 Å². The minimum Gasteiger partial charge on any atom is -0.491 e. The SMILES string of the molecule is C=CCc1ccccc1OCC[O].O=C(O)CC(C(=O)O)S(=O)(=O)O. The zero-order valence-corrected chi connectivity index (χ0v) is 14.0. The van der Waals surface area contributed by atoms with Gasteiger partial charge in [0.25, 0.3) is 10.1 Å². The van der Waals surface area contributed by atoms with Crippen LogP contribution < -0.4 is 4.74 Å². The summed E-state index contributed by atoms with van der Waals surface area (Å²) in [6.45, 7) is 3.68. The first kappa shape index (κ1) is 22.6. The molecule has 0 amide bonds. The van der Waals surface area contributed by atoms with Crippen LogP contribution in [0.1, 0.15) is 12.0 Å². The van der Waals surface area contributed by atoms with Crippen molar-refractivity contribution in [2.75, 3.05) is 13.2 Å². The molecular formula is C15H19O9S. The summed E-state index contributed by atoms with van der Waals surface area (Å²) < 4.78 is 33.9. The van der Waals surface area contributed by atoms with Crippen molar-refractivity contribution in [2.24, 2.45) is 0 Å². The molecule has 0 saturated heterocycles. The van der Waals surface area contributed by atoms with E-state index in [2.05, 4.69) is 6.58 Å². The molecule has 0 aliphatic rings. The minimum absolute atomic E-state index is 0.206. The third-order valence-electron chi connectivity index (χ3n) is 2.67. The number of hydrogen-bond donors (Lipinski definition) is 3. The van der Waals surface area contributed by atoms with Crippen molar-refractivity contribution < 1.29 is 42.6 Å². The smallest absolute Gasteiger partial charge is 0.325 e. The number of aliphatic carboxylic acids is 2. The lowest BCUT2D eigenvalue weighted by Gasteiger charge is -2.07. The van der Waals surface area contributed by atoms with E-state index in [-0.39, 0.29) is 13.2 Å². The number of hydrogen-bond acceptors (Lipinski definition) is 5. The highest BCUT2D eigenvalue weighted by molar-refractivity contribution is 7.87. The fourth-order valence-electron chi connectivity index (χ4n) is 1.60. The highest BCUT2D eigenvalue weighted by Crippen LogP contribution is 2.18. The summed E-state index contributed by atoms with van der Waals surface area (Å²) in [5, 5.41) is 24.1. The number of ether oxygens (including phenoxy) is 1. The molecule has 0 aromatic heterocycles. The maximum Gasteiger partial charge on any atom is 0.325 e. The zero-order valence-electron chi connectivity index (χ0n) is 13.2. The molecule has 0 fully saturated rings. The van der Waals surface area contributed by atoms with Crippen molar-refractivity contribution in [2.45, 2.75) is 18.1 Å². The summed E-state index contributed by atoms with van der Waals surface area (Å²) in [5.41, 5.74) is 1.07. The molecule has 0 bridgehead atoms. The lowest BCUT2D eigenvalue weighted by molar-refractivity contribution is -0.143. The molecule has 1 aromatic rings. The van der Waals surface area contributed by atoms with E-state index >= 15 is 0 Å². The van der Waals surface area contributed by atoms with Crippen LogP contribution in [0.15, 0.2) is 36.9 Å². The van der Waals surface area contributed by atoms with Crippen LogP contribution in [0.3, 0.4) is 0 Å². The normalized spacial score (nSPS) is 11.6. The van der Waals surface area contributed by atoms with Crippen LogP contribution in [-0.2, 0) is 31.2 Å². The number of benzene rings is 1. The average Bonchev–Trinajstić information content (AvgIpc) is 2.51. The maximum absolute atomic E-state index is 10.2. The van der Waals surface area contributed by atoms with Crippen molar-refractivity contribution in [3.05, 3.63) is 42.5 Å². The van der Waals surface area contributed by atoms with Gasteiger partial charge in [0, 0.05) is 0 Å². The van der Waals surface area contributed by atoms with Crippen molar-refractivity contribution in [1.82, 2.24) is 0 Å². The van der Waals surface area contributed by atoms with Crippen LogP contribution in [-0.4, -0.2) is 53.6 Å². The van der Waals surface area contributed by atoms with Crippen LogP contribution >= 0.6 is 0 Å². The lowest BCUT2D eigenvalue weighted by Crippen LogP contribution is -2.31. The van der Waals surface area contributed by atoms with Gasteiger partial charge in [-0.3, -0.25) is 14.1 Å². The first-order chi connectivity index (χ1) is 11.6. The number of carbonyl (C=O) groups is 2. The van der Waals surface area contributed by atoms with E-state index in [9.17, 15) is 23.1 Å². The Kier molecular flexibility index (Phi) is 10.1. The predicted molar refractivity (Wildman–Crippen MR) is 86.6 cm³/mol. The molecule has 0 saturated carbocycles. The highest BCUT2D eigenvalue weighted by atomic mass is 32.2. The standard InChI is InChI=1S/C11H13O2.C4H6O7S/c1-2-5-10-6-3-4-7-11(10)13-9-8-12;5-3(6)1-2(4(7)8)12(9,10)11/h2-4,6-7H,1,5,8-9H2;2H,1H2,(H,5,6)(H,7,8)(H,9,10,11). The van der Waals surface area contributed by atoms with E-state index in [4.69, 9.17) is 19.5 Å². The maximum atomic E-state index is 10.2. The molecule has 1 rings (SSSR count). The van der Waals surface area contributed by atoms with E-state index in [0.29, 0.717) is 0 Å². The fraction of sp³-hybridized carbons (Fsp3) is 0.333. The van der Waals surface area contributed by atoms with E-state index in [0.717, 1.165) is 17.7 Å². The average molecular weight is 375 g/mol. The molecule has 139 valence electrons. The van der Waals surface area contributed by atoms with Crippen LogP contribution in [0.2, 0.25) is 0 Å². The molecule has 0 aliphatic carbocycles. The van der Waals surface area contributed by atoms with Crippen molar-refractivity contribution in [1.29, 1.82) is 0 Å². The predicted octanol–water partition coefficient (Wildman–Crippen LogP) is 1.03. The van der Waals surface area contributed by atoms with Gasteiger partial charge in [-0.05, 0) is 18.1 Å². The van der Waals surface area contributed by atoms with Gasteiger partial charge in [-0.1, -0.05) is 24.3 Å². The van der Waals surface area contributed by atoms with Crippen LogP contribution in [0.4, 0.5) is 0 Å². The van der Waals surface area contributed by atoms with Gasteiger partial charge in [-0.2, -0.15) is 8.42 Å². The van der Waals surface area contributed by atoms with Gasteiger partial charge in [0.15, 0.2) is 5.25 Å². The lowest BCUT2D eigenvalue weighted by atomic mass is 10.1. The molecule has 1 radical (unpaired) electrons. The summed E-state index contributed by atoms with van der Waals surface area (Å²) in [5.74, 6) is -2.71. The number of rotatable bonds is 9. The molecular weight excluding hydrogens is 356 g/mol. The second-order valence-electron chi connectivity index (χ2n) is 4.59. The zero-order chi connectivity index (χ0) is 19.5. The van der Waals surface area contributed by atoms with E-state index in [1.54, 1.807) is 0 Å². The van der Waals surface area contributed by atoms with E-state index < -0.39 is 33.7 Å². The molecule has 1 aromatic carbocycles. The third-order valence-corrected chi connectivity index (χ3v) is 3.76. The largest absolute Gasteiger partial charge is 0.491 e. The Hall–Kier alpha value is -2.43. The Labute approximate surface area is 144 Å². The van der Waals surface area contributed by atoms with Gasteiger partial charge in [-0.25, -0.2) is 5.11 Å². The molecule has 0 spiro atoms. The van der Waals surface area contributed by atoms with Gasteiger partial charge >= 0.3 is 11.9 Å². The Morgan fingerprint density at radius 3 is 2.24 bits per heavy atom. The number of allylic oxidation sites excluding steroid dienone is 1. The summed E-state index contributed by atoms with van der Waals surface area (Å²) in [7, 11) is -4.84. The van der Waals surface area contributed by atoms with Crippen molar-refractivity contribution >= 4 is 22.1 Å². The second kappa shape index (κ2) is 11.2. The molecule has 1 unspecified atom stereocenters.